The van der Waals surface area contributed by atoms with Crippen molar-refractivity contribution in [3.63, 3.8) is 0 Å². The maximum absolute atomic E-state index is 6.58. The van der Waals surface area contributed by atoms with Crippen molar-refractivity contribution >= 4 is 37.7 Å². The van der Waals surface area contributed by atoms with Crippen LogP contribution < -0.4 is 4.74 Å². The number of pyridine rings is 1. The summed E-state index contributed by atoms with van der Waals surface area (Å²) in [6, 6.07) is 22.2. The van der Waals surface area contributed by atoms with Gasteiger partial charge in [-0.25, -0.2) is 4.98 Å². The highest BCUT2D eigenvalue weighted by Crippen LogP contribution is 2.62. The van der Waals surface area contributed by atoms with Crippen LogP contribution in [0.2, 0.25) is 0 Å². The van der Waals surface area contributed by atoms with Crippen LogP contribution in [0.4, 0.5) is 0 Å². The molecule has 44 heavy (non-hydrogen) atoms. The number of aromatic nitrogens is 2. The molecule has 0 unspecified atom stereocenters. The van der Waals surface area contributed by atoms with Crippen LogP contribution in [0.15, 0.2) is 71.3 Å². The van der Waals surface area contributed by atoms with Gasteiger partial charge >= 0.3 is 0 Å². The molecule has 0 saturated heterocycles. The Labute approximate surface area is 272 Å². The Kier molecular flexibility index (Phi) is 6.81. The lowest BCUT2D eigenvalue weighted by Gasteiger charge is -2.44. The number of rotatable bonds is 3. The minimum atomic E-state index is 0.00171. The second-order valence-corrected chi connectivity index (χ2v) is 17.4. The van der Waals surface area contributed by atoms with Crippen LogP contribution in [0, 0.1) is 5.41 Å². The molecule has 0 spiro atoms. The van der Waals surface area contributed by atoms with Gasteiger partial charge in [-0.2, -0.15) is 0 Å². The summed E-state index contributed by atoms with van der Waals surface area (Å²) in [4.78, 5) is 4.96. The van der Waals surface area contributed by atoms with E-state index in [1.807, 2.05) is 12.3 Å². The Morgan fingerprint density at radius 1 is 0.636 bits per heavy atom. The van der Waals surface area contributed by atoms with Crippen LogP contribution in [0.25, 0.3) is 27.6 Å². The average molecular weight is 652 g/mol. The zero-order valence-corrected chi connectivity index (χ0v) is 30.1. The third-order valence-electron chi connectivity index (χ3n) is 11.2. The molecule has 0 N–H and O–H groups in total. The van der Waals surface area contributed by atoms with Crippen molar-refractivity contribution in [2.75, 3.05) is 0 Å². The van der Waals surface area contributed by atoms with E-state index < -0.39 is 0 Å². The quantitative estimate of drug-likeness (QED) is 0.194. The first kappa shape index (κ1) is 30.9. The lowest BCUT2D eigenvalue weighted by atomic mass is 9.59. The van der Waals surface area contributed by atoms with Crippen LogP contribution in [0.3, 0.4) is 0 Å². The van der Waals surface area contributed by atoms with Crippen molar-refractivity contribution in [3.8, 4) is 17.3 Å². The number of benzene rings is 3. The molecule has 6 rings (SSSR count). The fourth-order valence-electron chi connectivity index (χ4n) is 7.04. The highest BCUT2D eigenvalue weighted by molar-refractivity contribution is 9.10. The molecule has 0 atom stereocenters. The van der Waals surface area contributed by atoms with Gasteiger partial charge in [0.25, 0.3) is 0 Å². The number of nitrogens with zero attached hydrogens (tertiary/aromatic N) is 2. The number of fused-ring (bicyclic) bond motifs is 4. The third-order valence-corrected chi connectivity index (χ3v) is 11.6. The maximum Gasteiger partial charge on any atom is 0.137 e. The molecular formula is C40H47BrN2O. The molecule has 3 aromatic carbocycles. The first-order valence-corrected chi connectivity index (χ1v) is 16.6. The topological polar surface area (TPSA) is 27.1 Å². The highest BCUT2D eigenvalue weighted by Gasteiger charge is 2.57. The number of ether oxygens (including phenoxy) is 1. The molecule has 1 aliphatic rings. The van der Waals surface area contributed by atoms with Crippen molar-refractivity contribution in [1.82, 2.24) is 9.55 Å². The first-order valence-electron chi connectivity index (χ1n) is 15.8. The molecular weight excluding hydrogens is 604 g/mol. The van der Waals surface area contributed by atoms with Gasteiger partial charge in [0.1, 0.15) is 17.3 Å². The van der Waals surface area contributed by atoms with Crippen molar-refractivity contribution < 1.29 is 4.74 Å². The fourth-order valence-corrected chi connectivity index (χ4v) is 7.51. The SMILES string of the molecule is CC(C)(C)c1cc(Br)cc(Oc2ccc3c4cc5c(cc4n(-c4cc(C(C)(C)C)ccn4)c3c2)C(C)(C)C(C)(C)C5(C)C)c1. The fraction of sp³-hybridized carbons (Fsp3) is 0.425. The Balaban J connectivity index is 1.63. The average Bonchev–Trinajstić information content (AvgIpc) is 3.27. The van der Waals surface area contributed by atoms with E-state index in [-0.39, 0.29) is 27.1 Å². The normalized spacial score (nSPS) is 17.3. The van der Waals surface area contributed by atoms with Crippen molar-refractivity contribution in [1.29, 1.82) is 0 Å². The summed E-state index contributed by atoms with van der Waals surface area (Å²) in [5.74, 6) is 2.56. The lowest BCUT2D eigenvalue weighted by Crippen LogP contribution is -2.42. The molecule has 1 aliphatic carbocycles. The van der Waals surface area contributed by atoms with Gasteiger partial charge in [-0.3, -0.25) is 4.57 Å². The summed E-state index contributed by atoms with van der Waals surface area (Å²) in [6.45, 7) is 27.9. The largest absolute Gasteiger partial charge is 0.457 e. The minimum absolute atomic E-state index is 0.00171. The van der Waals surface area contributed by atoms with Gasteiger partial charge in [0.15, 0.2) is 0 Å². The molecule has 0 amide bonds. The molecule has 0 bridgehead atoms. The summed E-state index contributed by atoms with van der Waals surface area (Å²) in [5.41, 5.74) is 7.77. The monoisotopic (exact) mass is 650 g/mol. The minimum Gasteiger partial charge on any atom is -0.457 e. The van der Waals surface area contributed by atoms with E-state index in [2.05, 4.69) is 158 Å². The highest BCUT2D eigenvalue weighted by atomic mass is 79.9. The predicted molar refractivity (Wildman–Crippen MR) is 190 cm³/mol. The van der Waals surface area contributed by atoms with Gasteiger partial charge in [-0.15, -0.1) is 0 Å². The van der Waals surface area contributed by atoms with Crippen LogP contribution in [-0.4, -0.2) is 9.55 Å². The van der Waals surface area contributed by atoms with E-state index in [9.17, 15) is 0 Å². The molecule has 0 radical (unpaired) electrons. The Bertz CT molecular complexity index is 1940. The van der Waals surface area contributed by atoms with Gasteiger partial charge in [0, 0.05) is 27.5 Å². The molecule has 0 fully saturated rings. The van der Waals surface area contributed by atoms with Gasteiger partial charge in [0.2, 0.25) is 0 Å². The van der Waals surface area contributed by atoms with E-state index in [0.717, 1.165) is 27.3 Å². The number of halogens is 1. The third kappa shape index (κ3) is 4.62. The summed E-state index contributed by atoms with van der Waals surface area (Å²) < 4.78 is 9.94. The zero-order chi connectivity index (χ0) is 32.2. The van der Waals surface area contributed by atoms with Gasteiger partial charge in [-0.05, 0) is 104 Å². The molecule has 2 aromatic heterocycles. The second kappa shape index (κ2) is 9.69. The van der Waals surface area contributed by atoms with Gasteiger partial charge < -0.3 is 4.74 Å². The van der Waals surface area contributed by atoms with E-state index in [1.54, 1.807) is 0 Å². The Morgan fingerprint density at radius 2 is 1.25 bits per heavy atom. The molecule has 2 heterocycles. The maximum atomic E-state index is 6.58. The smallest absolute Gasteiger partial charge is 0.137 e. The van der Waals surface area contributed by atoms with Crippen LogP contribution >= 0.6 is 15.9 Å². The zero-order valence-electron chi connectivity index (χ0n) is 28.5. The van der Waals surface area contributed by atoms with E-state index >= 15 is 0 Å². The molecule has 0 aliphatic heterocycles. The van der Waals surface area contributed by atoms with E-state index in [4.69, 9.17) is 9.72 Å². The molecule has 0 saturated carbocycles. The van der Waals surface area contributed by atoms with Crippen molar-refractivity contribution in [2.24, 2.45) is 5.41 Å². The second-order valence-electron chi connectivity index (χ2n) is 16.5. The summed E-state index contributed by atoms with van der Waals surface area (Å²) in [7, 11) is 0. The van der Waals surface area contributed by atoms with E-state index in [1.165, 1.54) is 38.5 Å². The van der Waals surface area contributed by atoms with Gasteiger partial charge in [-0.1, -0.05) is 99.0 Å². The van der Waals surface area contributed by atoms with Crippen molar-refractivity contribution in [2.45, 2.75) is 105 Å². The van der Waals surface area contributed by atoms with E-state index in [0.29, 0.717) is 0 Å². The summed E-state index contributed by atoms with van der Waals surface area (Å²) in [6.07, 6.45) is 1.95. The molecule has 3 nitrogen and oxygen atoms in total. The van der Waals surface area contributed by atoms with Crippen LogP contribution in [0.5, 0.6) is 11.5 Å². The Hall–Kier alpha value is -3.11. The summed E-state index contributed by atoms with van der Waals surface area (Å²) >= 11 is 3.71. The standard InChI is InChI=1S/C40H47BrN2O/c1-36(2,3)24-15-16-42-35(19-24)43-33-21-27(44-28-18-25(37(4,5)6)17-26(41)20-28)13-14-29(33)30-22-31-32(23-34(30)43)39(9,10)40(11,12)38(31,7)8/h13-23H,1-12H3. The first-order chi connectivity index (χ1) is 20.2. The molecule has 4 heteroatoms. The Morgan fingerprint density at radius 3 is 1.89 bits per heavy atom. The lowest BCUT2D eigenvalue weighted by molar-refractivity contribution is 0.125. The molecule has 230 valence electrons. The van der Waals surface area contributed by atoms with Crippen LogP contribution in [-0.2, 0) is 21.7 Å². The number of hydrogen-bond acceptors (Lipinski definition) is 2. The van der Waals surface area contributed by atoms with Gasteiger partial charge in [0.05, 0.1) is 11.0 Å². The summed E-state index contributed by atoms with van der Waals surface area (Å²) in [5, 5.41) is 2.47. The van der Waals surface area contributed by atoms with Crippen LogP contribution in [0.1, 0.15) is 105 Å². The predicted octanol–water partition coefficient (Wildman–Crippen LogP) is 11.9. The molecule has 5 aromatic rings. The van der Waals surface area contributed by atoms with Crippen molar-refractivity contribution in [3.05, 3.63) is 93.6 Å². The number of hydrogen-bond donors (Lipinski definition) is 0.